The second kappa shape index (κ2) is 5.05. The number of nitrogens with zero attached hydrogens (tertiary/aromatic N) is 1. The van der Waals surface area contributed by atoms with Crippen LogP contribution in [-0.4, -0.2) is 54.7 Å². The van der Waals surface area contributed by atoms with Crippen molar-refractivity contribution in [1.29, 1.82) is 0 Å². The highest BCUT2D eigenvalue weighted by Crippen LogP contribution is 2.29. The van der Waals surface area contributed by atoms with Crippen LogP contribution in [0.1, 0.15) is 19.8 Å². The van der Waals surface area contributed by atoms with Crippen LogP contribution in [0.3, 0.4) is 0 Å². The Bertz CT molecular complexity index is 321. The number of hydrogen-bond donors (Lipinski definition) is 2. The molecule has 2 rings (SSSR count). The number of nitrogens with one attached hydrogen (secondary N) is 2. The lowest BCUT2D eigenvalue weighted by molar-refractivity contribution is -0.172. The second-order valence-corrected chi connectivity index (χ2v) is 5.05. The number of piperidine rings is 1. The zero-order valence-electron chi connectivity index (χ0n) is 10.3. The number of carbonyl (C=O) groups is 1. The number of piperazine rings is 1. The highest BCUT2D eigenvalue weighted by molar-refractivity contribution is 5.78. The van der Waals surface area contributed by atoms with Crippen molar-refractivity contribution in [3.63, 3.8) is 0 Å². The van der Waals surface area contributed by atoms with Gasteiger partial charge in [-0.25, -0.2) is 0 Å². The zero-order chi connectivity index (χ0) is 13.3. The van der Waals surface area contributed by atoms with E-state index >= 15 is 0 Å². The smallest absolute Gasteiger partial charge is 0.344 e. The molecule has 2 heterocycles. The van der Waals surface area contributed by atoms with Crippen LogP contribution in [0.2, 0.25) is 0 Å². The monoisotopic (exact) mass is 265 g/mol. The van der Waals surface area contributed by atoms with Crippen LogP contribution in [0.25, 0.3) is 0 Å². The number of rotatable bonds is 1. The Kier molecular flexibility index (Phi) is 3.82. The summed E-state index contributed by atoms with van der Waals surface area (Å²) in [5.41, 5.74) is 0. The molecule has 18 heavy (non-hydrogen) atoms. The first kappa shape index (κ1) is 13.6. The predicted octanol–water partition coefficient (Wildman–Crippen LogP) is 0.490. The van der Waals surface area contributed by atoms with Crippen molar-refractivity contribution in [2.75, 3.05) is 19.6 Å². The molecule has 0 spiro atoms. The van der Waals surface area contributed by atoms with E-state index in [0.29, 0.717) is 6.54 Å². The first-order valence-corrected chi connectivity index (χ1v) is 6.20. The normalized spacial score (nSPS) is 35.3. The van der Waals surface area contributed by atoms with Crippen molar-refractivity contribution < 1.29 is 18.0 Å². The van der Waals surface area contributed by atoms with Gasteiger partial charge in [0, 0.05) is 38.1 Å². The van der Waals surface area contributed by atoms with E-state index in [1.807, 2.05) is 17.1 Å². The summed E-state index contributed by atoms with van der Waals surface area (Å²) in [5, 5.41) is 5.23. The Balaban J connectivity index is 2.06. The summed E-state index contributed by atoms with van der Waals surface area (Å²) in [6, 6.07) is -1.84. The molecule has 0 radical (unpaired) electrons. The fraction of sp³-hybridized carbons (Fsp3) is 0.909. The Morgan fingerprint density at radius 3 is 2.72 bits per heavy atom. The van der Waals surface area contributed by atoms with Crippen LogP contribution in [0, 0.1) is 0 Å². The van der Waals surface area contributed by atoms with Gasteiger partial charge in [0.05, 0.1) is 0 Å². The SMILES string of the molecule is CC1CNCCN1C1CC(=O)NC(C(F)(F)F)C1. The molecule has 2 aliphatic heterocycles. The van der Waals surface area contributed by atoms with E-state index in [2.05, 4.69) is 5.32 Å². The van der Waals surface area contributed by atoms with Crippen LogP contribution in [0.5, 0.6) is 0 Å². The van der Waals surface area contributed by atoms with Gasteiger partial charge in [-0.05, 0) is 13.3 Å². The minimum absolute atomic E-state index is 0.0421. The molecule has 3 unspecified atom stereocenters. The molecule has 4 nitrogen and oxygen atoms in total. The van der Waals surface area contributed by atoms with Gasteiger partial charge in [-0.15, -0.1) is 0 Å². The van der Waals surface area contributed by atoms with E-state index in [4.69, 9.17) is 0 Å². The standard InChI is InChI=1S/C11H18F3N3O/c1-7-6-15-2-3-17(7)8-4-9(11(12,13)14)16-10(18)5-8/h7-9,15H,2-6H2,1H3,(H,16,18). The third kappa shape index (κ3) is 2.95. The lowest BCUT2D eigenvalue weighted by atomic mass is 9.95. The Morgan fingerprint density at radius 1 is 1.39 bits per heavy atom. The van der Waals surface area contributed by atoms with Crippen LogP contribution < -0.4 is 10.6 Å². The molecule has 0 aromatic carbocycles. The summed E-state index contributed by atoms with van der Waals surface area (Å²) >= 11 is 0. The fourth-order valence-corrected chi connectivity index (χ4v) is 2.75. The molecule has 2 aliphatic rings. The Hall–Kier alpha value is -0.820. The van der Waals surface area contributed by atoms with Crippen LogP contribution >= 0.6 is 0 Å². The van der Waals surface area contributed by atoms with Crippen LogP contribution in [0.4, 0.5) is 13.2 Å². The Labute approximate surface area is 104 Å². The van der Waals surface area contributed by atoms with Gasteiger partial charge in [0.1, 0.15) is 6.04 Å². The van der Waals surface area contributed by atoms with E-state index in [9.17, 15) is 18.0 Å². The maximum Gasteiger partial charge on any atom is 0.408 e. The average molecular weight is 265 g/mol. The van der Waals surface area contributed by atoms with E-state index in [-0.39, 0.29) is 24.9 Å². The summed E-state index contributed by atoms with van der Waals surface area (Å²) in [5.74, 6) is -0.501. The largest absolute Gasteiger partial charge is 0.408 e. The average Bonchev–Trinajstić information content (AvgIpc) is 2.27. The van der Waals surface area contributed by atoms with Crippen molar-refractivity contribution in [1.82, 2.24) is 15.5 Å². The van der Waals surface area contributed by atoms with E-state index in [1.54, 1.807) is 0 Å². The summed E-state index contributed by atoms with van der Waals surface area (Å²) < 4.78 is 38.1. The molecule has 104 valence electrons. The van der Waals surface area contributed by atoms with Crippen molar-refractivity contribution in [2.45, 2.75) is 44.1 Å². The number of halogens is 3. The number of amides is 1. The van der Waals surface area contributed by atoms with E-state index in [1.165, 1.54) is 0 Å². The van der Waals surface area contributed by atoms with Crippen molar-refractivity contribution in [3.8, 4) is 0 Å². The van der Waals surface area contributed by atoms with Gasteiger partial charge in [0.2, 0.25) is 5.91 Å². The molecule has 0 aromatic rings. The van der Waals surface area contributed by atoms with Gasteiger partial charge >= 0.3 is 6.18 Å². The number of alkyl halides is 3. The molecule has 2 saturated heterocycles. The fourth-order valence-electron chi connectivity index (χ4n) is 2.75. The van der Waals surface area contributed by atoms with Crippen molar-refractivity contribution in [2.24, 2.45) is 0 Å². The molecule has 0 aromatic heterocycles. The van der Waals surface area contributed by atoms with Crippen LogP contribution in [0.15, 0.2) is 0 Å². The number of carbonyl (C=O) groups excluding carboxylic acids is 1. The molecular weight excluding hydrogens is 247 g/mol. The topological polar surface area (TPSA) is 44.4 Å². The maximum absolute atomic E-state index is 12.7. The van der Waals surface area contributed by atoms with Crippen LogP contribution in [-0.2, 0) is 4.79 Å². The van der Waals surface area contributed by atoms with Gasteiger partial charge in [-0.1, -0.05) is 0 Å². The second-order valence-electron chi connectivity index (χ2n) is 5.05. The lowest BCUT2D eigenvalue weighted by Gasteiger charge is -2.43. The van der Waals surface area contributed by atoms with Gasteiger partial charge in [0.25, 0.3) is 0 Å². The summed E-state index contributed by atoms with van der Waals surface area (Å²) in [6.45, 7) is 4.19. The highest BCUT2D eigenvalue weighted by Gasteiger charge is 2.46. The first-order chi connectivity index (χ1) is 8.38. The summed E-state index contributed by atoms with van der Waals surface area (Å²) in [6.07, 6.45) is -4.23. The van der Waals surface area contributed by atoms with Gasteiger partial charge in [-0.2, -0.15) is 13.2 Å². The summed E-state index contributed by atoms with van der Waals surface area (Å²) in [4.78, 5) is 13.4. The molecule has 0 saturated carbocycles. The number of hydrogen-bond acceptors (Lipinski definition) is 3. The Morgan fingerprint density at radius 2 is 2.11 bits per heavy atom. The molecule has 3 atom stereocenters. The van der Waals surface area contributed by atoms with Gasteiger partial charge < -0.3 is 10.6 Å². The minimum Gasteiger partial charge on any atom is -0.344 e. The molecule has 1 amide bonds. The quantitative estimate of drug-likeness (QED) is 0.725. The van der Waals surface area contributed by atoms with Crippen molar-refractivity contribution in [3.05, 3.63) is 0 Å². The third-order valence-electron chi connectivity index (χ3n) is 3.68. The first-order valence-electron chi connectivity index (χ1n) is 6.20. The third-order valence-corrected chi connectivity index (χ3v) is 3.68. The van der Waals surface area contributed by atoms with Gasteiger partial charge in [0.15, 0.2) is 0 Å². The molecule has 0 bridgehead atoms. The zero-order valence-corrected chi connectivity index (χ0v) is 10.3. The van der Waals surface area contributed by atoms with E-state index in [0.717, 1.165) is 13.1 Å². The lowest BCUT2D eigenvalue weighted by Crippen LogP contribution is -2.60. The molecule has 2 fully saturated rings. The predicted molar refractivity (Wildman–Crippen MR) is 60.0 cm³/mol. The highest BCUT2D eigenvalue weighted by atomic mass is 19.4. The van der Waals surface area contributed by atoms with E-state index < -0.39 is 18.1 Å². The molecule has 7 heteroatoms. The molecular formula is C11H18F3N3O. The van der Waals surface area contributed by atoms with Gasteiger partial charge in [-0.3, -0.25) is 9.69 Å². The maximum atomic E-state index is 12.7. The molecule has 0 aliphatic carbocycles. The summed E-state index contributed by atoms with van der Waals surface area (Å²) in [7, 11) is 0. The van der Waals surface area contributed by atoms with Crippen molar-refractivity contribution >= 4 is 5.91 Å². The minimum atomic E-state index is -4.36. The molecule has 2 N–H and O–H groups in total.